The maximum Gasteiger partial charge on any atom is 0.325 e. The smallest absolute Gasteiger partial charge is 0.325 e. The molecule has 1 atom stereocenters. The Balaban J connectivity index is 2.57. The molecule has 1 aliphatic heterocycles. The van der Waals surface area contributed by atoms with E-state index in [1.807, 2.05) is 0 Å². The van der Waals surface area contributed by atoms with Crippen molar-refractivity contribution in [2.75, 3.05) is 13.1 Å². The number of hydrogen-bond donors (Lipinski definition) is 3. The van der Waals surface area contributed by atoms with Gasteiger partial charge in [-0.05, 0) is 19.8 Å². The van der Waals surface area contributed by atoms with Crippen molar-refractivity contribution < 1.29 is 24.3 Å². The minimum Gasteiger partial charge on any atom is -0.481 e. The Bertz CT molecular complexity index is 472. The van der Waals surface area contributed by atoms with Gasteiger partial charge in [-0.15, -0.1) is 0 Å². The Morgan fingerprint density at radius 3 is 2.29 bits per heavy atom. The number of aliphatic carboxylic acids is 1. The molecule has 8 heteroatoms. The van der Waals surface area contributed by atoms with Gasteiger partial charge in [0.2, 0.25) is 5.91 Å². The van der Waals surface area contributed by atoms with Gasteiger partial charge in [0.1, 0.15) is 12.1 Å². The van der Waals surface area contributed by atoms with Gasteiger partial charge in [0.15, 0.2) is 0 Å². The number of carboxylic acids is 1. The first-order valence-electron chi connectivity index (χ1n) is 6.70. The number of imide groups is 1. The molecule has 1 heterocycles. The molecule has 0 aromatic carbocycles. The van der Waals surface area contributed by atoms with Crippen LogP contribution in [0.15, 0.2) is 0 Å². The summed E-state index contributed by atoms with van der Waals surface area (Å²) < 4.78 is 0. The van der Waals surface area contributed by atoms with Crippen LogP contribution < -0.4 is 10.6 Å². The molecule has 1 unspecified atom stereocenters. The number of carboxylic acid groups (broad SMARTS) is 1. The predicted octanol–water partition coefficient (Wildman–Crippen LogP) is -0.210. The molecule has 1 fully saturated rings. The Kier molecular flexibility index (Phi) is 4.93. The highest BCUT2D eigenvalue weighted by Gasteiger charge is 2.44. The summed E-state index contributed by atoms with van der Waals surface area (Å²) in [5.41, 5.74) is -1.03. The number of carbonyl (C=O) groups is 4. The minimum absolute atomic E-state index is 0.0428. The van der Waals surface area contributed by atoms with Crippen molar-refractivity contribution in [1.82, 2.24) is 15.5 Å². The van der Waals surface area contributed by atoms with Crippen LogP contribution in [0.3, 0.4) is 0 Å². The van der Waals surface area contributed by atoms with Gasteiger partial charge in [-0.2, -0.15) is 0 Å². The molecule has 21 heavy (non-hydrogen) atoms. The van der Waals surface area contributed by atoms with Crippen LogP contribution >= 0.6 is 0 Å². The second-order valence-electron chi connectivity index (χ2n) is 5.94. The highest BCUT2D eigenvalue weighted by Crippen LogP contribution is 2.16. The summed E-state index contributed by atoms with van der Waals surface area (Å²) in [6.45, 7) is 6.11. The van der Waals surface area contributed by atoms with Crippen molar-refractivity contribution in [2.24, 2.45) is 11.8 Å². The third-order valence-electron chi connectivity index (χ3n) is 3.39. The first-order valence-corrected chi connectivity index (χ1v) is 6.70. The van der Waals surface area contributed by atoms with Crippen molar-refractivity contribution in [1.29, 1.82) is 0 Å². The number of urea groups is 1. The molecule has 0 aliphatic carbocycles. The largest absolute Gasteiger partial charge is 0.481 e. The van der Waals surface area contributed by atoms with Crippen LogP contribution in [0.4, 0.5) is 4.79 Å². The molecular weight excluding hydrogens is 278 g/mol. The molecule has 4 amide bonds. The van der Waals surface area contributed by atoms with E-state index in [4.69, 9.17) is 5.11 Å². The van der Waals surface area contributed by atoms with E-state index in [2.05, 4.69) is 10.6 Å². The molecule has 1 aliphatic rings. The third-order valence-corrected chi connectivity index (χ3v) is 3.39. The Hall–Kier alpha value is -2.12. The maximum atomic E-state index is 11.9. The lowest BCUT2D eigenvalue weighted by molar-refractivity contribution is -0.143. The van der Waals surface area contributed by atoms with Gasteiger partial charge in [0.05, 0.1) is 5.92 Å². The molecule has 3 N–H and O–H groups in total. The average Bonchev–Trinajstić information content (AvgIpc) is 2.51. The van der Waals surface area contributed by atoms with Gasteiger partial charge >= 0.3 is 12.0 Å². The normalized spacial score (nSPS) is 18.6. The molecular formula is C13H21N3O5. The van der Waals surface area contributed by atoms with Crippen molar-refractivity contribution in [3.05, 3.63) is 0 Å². The average molecular weight is 299 g/mol. The van der Waals surface area contributed by atoms with E-state index in [0.717, 1.165) is 4.90 Å². The van der Waals surface area contributed by atoms with Crippen LogP contribution in [-0.4, -0.2) is 52.4 Å². The van der Waals surface area contributed by atoms with Gasteiger partial charge < -0.3 is 15.7 Å². The summed E-state index contributed by atoms with van der Waals surface area (Å²) in [6, 6.07) is -0.626. The summed E-state index contributed by atoms with van der Waals surface area (Å²) in [4.78, 5) is 47.1. The number of amides is 4. The summed E-state index contributed by atoms with van der Waals surface area (Å²) in [5.74, 6) is -2.90. The molecule has 118 valence electrons. The molecule has 8 nitrogen and oxygen atoms in total. The van der Waals surface area contributed by atoms with Gasteiger partial charge in [-0.3, -0.25) is 19.3 Å². The lowest BCUT2D eigenvalue weighted by Crippen LogP contribution is -2.44. The first kappa shape index (κ1) is 16.9. The number of rotatable bonds is 6. The van der Waals surface area contributed by atoms with Gasteiger partial charge in [0.25, 0.3) is 5.91 Å². The fourth-order valence-electron chi connectivity index (χ4n) is 1.99. The zero-order valence-corrected chi connectivity index (χ0v) is 12.6. The van der Waals surface area contributed by atoms with Crippen LogP contribution in [0.25, 0.3) is 0 Å². The highest BCUT2D eigenvalue weighted by molar-refractivity contribution is 6.08. The van der Waals surface area contributed by atoms with Crippen molar-refractivity contribution in [2.45, 2.75) is 33.2 Å². The number of nitrogens with zero attached hydrogens (tertiary/aromatic N) is 1. The van der Waals surface area contributed by atoms with E-state index < -0.39 is 41.8 Å². The zero-order valence-electron chi connectivity index (χ0n) is 12.6. The molecule has 1 saturated heterocycles. The summed E-state index contributed by atoms with van der Waals surface area (Å²) in [5, 5.41) is 13.9. The Morgan fingerprint density at radius 1 is 1.33 bits per heavy atom. The van der Waals surface area contributed by atoms with Crippen LogP contribution in [0.2, 0.25) is 0 Å². The van der Waals surface area contributed by atoms with Crippen molar-refractivity contribution in [3.63, 3.8) is 0 Å². The minimum atomic E-state index is -1.03. The van der Waals surface area contributed by atoms with Gasteiger partial charge in [-0.25, -0.2) is 4.79 Å². The SMILES string of the molecule is CC(C)C(CNC(=O)CN1C(=O)NC(C)(C)C1=O)C(=O)O. The summed E-state index contributed by atoms with van der Waals surface area (Å²) in [6.07, 6.45) is 0. The van der Waals surface area contributed by atoms with Crippen molar-refractivity contribution >= 4 is 23.8 Å². The first-order chi connectivity index (χ1) is 9.56. The molecule has 0 bridgehead atoms. The molecule has 1 rings (SSSR count). The van der Waals surface area contributed by atoms with Crippen LogP contribution in [-0.2, 0) is 14.4 Å². The molecule has 0 saturated carbocycles. The number of carbonyl (C=O) groups excluding carboxylic acids is 3. The van der Waals surface area contributed by atoms with E-state index in [0.29, 0.717) is 0 Å². The standard InChI is InChI=1S/C13H21N3O5/c1-7(2)8(10(18)19)5-14-9(17)6-16-11(20)13(3,4)15-12(16)21/h7-8H,5-6H2,1-4H3,(H,14,17)(H,15,21)(H,18,19). The van der Waals surface area contributed by atoms with Crippen LogP contribution in [0, 0.1) is 11.8 Å². The second-order valence-corrected chi connectivity index (χ2v) is 5.94. The van der Waals surface area contributed by atoms with E-state index in [-0.39, 0.29) is 12.5 Å². The fraction of sp³-hybridized carbons (Fsp3) is 0.692. The maximum absolute atomic E-state index is 11.9. The summed E-state index contributed by atoms with van der Waals surface area (Å²) >= 11 is 0. The van der Waals surface area contributed by atoms with Crippen LogP contribution in [0.5, 0.6) is 0 Å². The van der Waals surface area contributed by atoms with E-state index in [9.17, 15) is 19.2 Å². The lowest BCUT2D eigenvalue weighted by Gasteiger charge is -2.18. The quantitative estimate of drug-likeness (QED) is 0.587. The fourth-order valence-corrected chi connectivity index (χ4v) is 1.99. The van der Waals surface area contributed by atoms with Crippen molar-refractivity contribution in [3.8, 4) is 0 Å². The van der Waals surface area contributed by atoms with Gasteiger partial charge in [-0.1, -0.05) is 13.8 Å². The third kappa shape index (κ3) is 3.93. The van der Waals surface area contributed by atoms with E-state index in [1.54, 1.807) is 27.7 Å². The highest BCUT2D eigenvalue weighted by atomic mass is 16.4. The molecule has 0 radical (unpaired) electrons. The van der Waals surface area contributed by atoms with E-state index >= 15 is 0 Å². The van der Waals surface area contributed by atoms with E-state index in [1.165, 1.54) is 0 Å². The molecule has 0 aromatic heterocycles. The number of hydrogen-bond acceptors (Lipinski definition) is 4. The molecule has 0 aromatic rings. The second kappa shape index (κ2) is 6.11. The zero-order chi connectivity index (χ0) is 16.4. The lowest BCUT2D eigenvalue weighted by atomic mass is 9.96. The Labute approximate surface area is 122 Å². The monoisotopic (exact) mass is 299 g/mol. The number of nitrogens with one attached hydrogen (secondary N) is 2. The van der Waals surface area contributed by atoms with Crippen LogP contribution in [0.1, 0.15) is 27.7 Å². The predicted molar refractivity (Wildman–Crippen MR) is 73.3 cm³/mol. The Morgan fingerprint density at radius 2 is 1.90 bits per heavy atom. The molecule has 0 spiro atoms. The van der Waals surface area contributed by atoms with Gasteiger partial charge in [0, 0.05) is 6.54 Å². The topological polar surface area (TPSA) is 116 Å². The summed E-state index contributed by atoms with van der Waals surface area (Å²) in [7, 11) is 0.